The molecule has 5 nitrogen and oxygen atoms in total. The number of hydrogen-bond acceptors (Lipinski definition) is 5. The molecule has 2 aromatic carbocycles. The van der Waals surface area contributed by atoms with Crippen molar-refractivity contribution in [3.8, 4) is 11.1 Å². The molecule has 0 saturated carbocycles. The van der Waals surface area contributed by atoms with Crippen molar-refractivity contribution < 1.29 is 4.63 Å². The van der Waals surface area contributed by atoms with Crippen LogP contribution in [0.2, 0.25) is 0 Å². The van der Waals surface area contributed by atoms with Crippen LogP contribution in [0.3, 0.4) is 0 Å². The summed E-state index contributed by atoms with van der Waals surface area (Å²) < 4.78 is 4.79. The molecule has 0 saturated heterocycles. The molecule has 1 N–H and O–H groups in total. The SMILES string of the molecule is c1cc(CNc2cccc3nonc23)cc(-c2ccncc2)c1. The van der Waals surface area contributed by atoms with Crippen molar-refractivity contribution >= 4 is 16.7 Å². The first-order chi connectivity index (χ1) is 11.4. The Hall–Kier alpha value is -3.21. The number of nitrogens with one attached hydrogen (secondary N) is 1. The standard InChI is InChI=1S/C18H14N4O/c1-3-13(11-15(4-1)14-7-9-19-10-8-14)12-20-16-5-2-6-17-18(16)22-23-21-17/h1-11,20H,12H2. The molecule has 0 fully saturated rings. The highest BCUT2D eigenvalue weighted by molar-refractivity contribution is 5.86. The van der Waals surface area contributed by atoms with E-state index in [0.717, 1.165) is 22.3 Å². The predicted octanol–water partition coefficient (Wildman–Crippen LogP) is 3.90. The molecule has 112 valence electrons. The van der Waals surface area contributed by atoms with Gasteiger partial charge in [-0.1, -0.05) is 24.3 Å². The molecular formula is C18H14N4O. The van der Waals surface area contributed by atoms with Crippen molar-refractivity contribution in [3.05, 3.63) is 72.6 Å². The summed E-state index contributed by atoms with van der Waals surface area (Å²) in [5.41, 5.74) is 5.93. The molecule has 0 aliphatic heterocycles. The number of rotatable bonds is 4. The van der Waals surface area contributed by atoms with Crippen molar-refractivity contribution in [1.29, 1.82) is 0 Å². The maximum atomic E-state index is 4.79. The maximum absolute atomic E-state index is 4.79. The van der Waals surface area contributed by atoms with Crippen molar-refractivity contribution in [2.24, 2.45) is 0 Å². The minimum Gasteiger partial charge on any atom is -0.379 e. The van der Waals surface area contributed by atoms with Crippen LogP contribution in [0.1, 0.15) is 5.56 Å². The highest BCUT2D eigenvalue weighted by atomic mass is 16.6. The second-order valence-corrected chi connectivity index (χ2v) is 5.23. The molecule has 0 amide bonds. The van der Waals surface area contributed by atoms with Gasteiger partial charge < -0.3 is 5.32 Å². The summed E-state index contributed by atoms with van der Waals surface area (Å²) in [5, 5.41) is 11.2. The van der Waals surface area contributed by atoms with Crippen LogP contribution in [0.15, 0.2) is 71.6 Å². The van der Waals surface area contributed by atoms with E-state index in [0.29, 0.717) is 6.54 Å². The lowest BCUT2D eigenvalue weighted by Crippen LogP contribution is -2.00. The molecule has 0 spiro atoms. The summed E-state index contributed by atoms with van der Waals surface area (Å²) in [5.74, 6) is 0. The van der Waals surface area contributed by atoms with Crippen molar-refractivity contribution in [2.75, 3.05) is 5.32 Å². The van der Waals surface area contributed by atoms with Gasteiger partial charge in [-0.25, -0.2) is 4.63 Å². The van der Waals surface area contributed by atoms with Gasteiger partial charge in [0.25, 0.3) is 0 Å². The minimum absolute atomic E-state index is 0.699. The zero-order chi connectivity index (χ0) is 15.5. The molecule has 0 aliphatic rings. The molecule has 5 heteroatoms. The van der Waals surface area contributed by atoms with Crippen LogP contribution < -0.4 is 5.32 Å². The smallest absolute Gasteiger partial charge is 0.158 e. The lowest BCUT2D eigenvalue weighted by molar-refractivity contribution is 0.315. The fraction of sp³-hybridized carbons (Fsp3) is 0.0556. The normalized spacial score (nSPS) is 10.8. The third-order valence-corrected chi connectivity index (χ3v) is 3.71. The largest absolute Gasteiger partial charge is 0.379 e. The maximum Gasteiger partial charge on any atom is 0.158 e. The Morgan fingerprint density at radius 1 is 0.870 bits per heavy atom. The van der Waals surface area contributed by atoms with Crippen LogP contribution in [-0.4, -0.2) is 15.3 Å². The number of nitrogens with zero attached hydrogens (tertiary/aromatic N) is 3. The molecular weight excluding hydrogens is 288 g/mol. The monoisotopic (exact) mass is 302 g/mol. The van der Waals surface area contributed by atoms with Gasteiger partial charge in [-0.15, -0.1) is 0 Å². The number of fused-ring (bicyclic) bond motifs is 1. The van der Waals surface area contributed by atoms with Crippen LogP contribution in [0, 0.1) is 0 Å². The Morgan fingerprint density at radius 3 is 2.65 bits per heavy atom. The van der Waals surface area contributed by atoms with Gasteiger partial charge in [-0.05, 0) is 57.3 Å². The first-order valence-corrected chi connectivity index (χ1v) is 7.35. The Kier molecular flexibility index (Phi) is 3.44. The van der Waals surface area contributed by atoms with Gasteiger partial charge in [0.1, 0.15) is 5.52 Å². The third kappa shape index (κ3) is 2.76. The van der Waals surface area contributed by atoms with E-state index in [-0.39, 0.29) is 0 Å². The highest BCUT2D eigenvalue weighted by Gasteiger charge is 2.06. The number of hydrogen-bond donors (Lipinski definition) is 1. The quantitative estimate of drug-likeness (QED) is 0.619. The van der Waals surface area contributed by atoms with Crippen LogP contribution in [0.4, 0.5) is 5.69 Å². The second-order valence-electron chi connectivity index (χ2n) is 5.23. The van der Waals surface area contributed by atoms with Crippen molar-refractivity contribution in [2.45, 2.75) is 6.54 Å². The van der Waals surface area contributed by atoms with E-state index in [4.69, 9.17) is 4.63 Å². The second kappa shape index (κ2) is 5.88. The number of aromatic nitrogens is 3. The van der Waals surface area contributed by atoms with Crippen LogP contribution >= 0.6 is 0 Å². The highest BCUT2D eigenvalue weighted by Crippen LogP contribution is 2.22. The van der Waals surface area contributed by atoms with E-state index < -0.39 is 0 Å². The van der Waals surface area contributed by atoms with E-state index in [1.165, 1.54) is 11.1 Å². The zero-order valence-electron chi connectivity index (χ0n) is 12.3. The van der Waals surface area contributed by atoms with E-state index in [1.807, 2.05) is 30.3 Å². The molecule has 0 bridgehead atoms. The summed E-state index contributed by atoms with van der Waals surface area (Å²) in [6.45, 7) is 0.699. The molecule has 0 radical (unpaired) electrons. The van der Waals surface area contributed by atoms with E-state index in [2.05, 4.69) is 44.9 Å². The zero-order valence-corrected chi connectivity index (χ0v) is 12.3. The van der Waals surface area contributed by atoms with Crippen LogP contribution in [-0.2, 0) is 6.54 Å². The van der Waals surface area contributed by atoms with Crippen molar-refractivity contribution in [3.63, 3.8) is 0 Å². The van der Waals surface area contributed by atoms with Crippen LogP contribution in [0.5, 0.6) is 0 Å². The topological polar surface area (TPSA) is 63.8 Å². The first kappa shape index (κ1) is 13.5. The summed E-state index contributed by atoms with van der Waals surface area (Å²) >= 11 is 0. The van der Waals surface area contributed by atoms with Gasteiger partial charge in [0, 0.05) is 18.9 Å². The Bertz CT molecular complexity index is 934. The Morgan fingerprint density at radius 2 is 1.74 bits per heavy atom. The number of benzene rings is 2. The molecule has 2 heterocycles. The Labute approximate surface area is 132 Å². The lowest BCUT2D eigenvalue weighted by Gasteiger charge is -2.08. The molecule has 0 unspecified atom stereocenters. The fourth-order valence-corrected chi connectivity index (χ4v) is 2.55. The van der Waals surface area contributed by atoms with Crippen molar-refractivity contribution in [1.82, 2.24) is 15.3 Å². The number of anilines is 1. The predicted molar refractivity (Wildman–Crippen MR) is 88.8 cm³/mol. The van der Waals surface area contributed by atoms with E-state index in [9.17, 15) is 0 Å². The molecule has 4 rings (SSSR count). The number of pyridine rings is 1. The van der Waals surface area contributed by atoms with E-state index >= 15 is 0 Å². The van der Waals surface area contributed by atoms with Gasteiger partial charge in [0.15, 0.2) is 5.52 Å². The van der Waals surface area contributed by atoms with E-state index in [1.54, 1.807) is 12.4 Å². The van der Waals surface area contributed by atoms with Gasteiger partial charge in [0.05, 0.1) is 5.69 Å². The molecule has 0 atom stereocenters. The molecule has 2 aromatic heterocycles. The van der Waals surface area contributed by atoms with Gasteiger partial charge in [-0.2, -0.15) is 0 Å². The Balaban J connectivity index is 1.57. The summed E-state index contributed by atoms with van der Waals surface area (Å²) in [4.78, 5) is 4.06. The molecule has 0 aliphatic carbocycles. The average molecular weight is 302 g/mol. The first-order valence-electron chi connectivity index (χ1n) is 7.35. The third-order valence-electron chi connectivity index (χ3n) is 3.71. The van der Waals surface area contributed by atoms with Gasteiger partial charge in [0.2, 0.25) is 0 Å². The summed E-state index contributed by atoms with van der Waals surface area (Å²) in [6, 6.07) is 18.2. The summed E-state index contributed by atoms with van der Waals surface area (Å²) in [6.07, 6.45) is 3.61. The fourth-order valence-electron chi connectivity index (χ4n) is 2.55. The van der Waals surface area contributed by atoms with Crippen LogP contribution in [0.25, 0.3) is 22.2 Å². The summed E-state index contributed by atoms with van der Waals surface area (Å²) in [7, 11) is 0. The molecule has 23 heavy (non-hydrogen) atoms. The lowest BCUT2D eigenvalue weighted by atomic mass is 10.0. The molecule has 4 aromatic rings. The average Bonchev–Trinajstić information content (AvgIpc) is 3.10. The van der Waals surface area contributed by atoms with Gasteiger partial charge >= 0.3 is 0 Å². The minimum atomic E-state index is 0.699. The van der Waals surface area contributed by atoms with Gasteiger partial charge in [-0.3, -0.25) is 4.98 Å².